The van der Waals surface area contributed by atoms with Gasteiger partial charge in [-0.05, 0) is 55.3 Å². The van der Waals surface area contributed by atoms with Crippen molar-refractivity contribution in [3.05, 3.63) is 62.6 Å². The molecule has 0 radical (unpaired) electrons. The van der Waals surface area contributed by atoms with Gasteiger partial charge in [-0.1, -0.05) is 35.0 Å². The van der Waals surface area contributed by atoms with Crippen molar-refractivity contribution in [2.24, 2.45) is 10.9 Å². The summed E-state index contributed by atoms with van der Waals surface area (Å²) >= 11 is 14.1. The Morgan fingerprint density at radius 2 is 1.71 bits per heavy atom. The monoisotopic (exact) mass is 557 g/mol. The molecule has 0 saturated carbocycles. The molecule has 0 aromatic heterocycles. The van der Waals surface area contributed by atoms with Gasteiger partial charge in [0.05, 0.1) is 16.5 Å². The molecule has 0 atom stereocenters. The summed E-state index contributed by atoms with van der Waals surface area (Å²) in [5.41, 5.74) is 6.26. The van der Waals surface area contributed by atoms with E-state index in [2.05, 4.69) is 0 Å². The number of amides is 1. The van der Waals surface area contributed by atoms with Crippen LogP contribution < -0.4 is 10.9 Å². The molecule has 1 aliphatic rings. The van der Waals surface area contributed by atoms with E-state index < -0.39 is 10.0 Å². The second-order valence-corrected chi connectivity index (χ2v) is 11.8. The summed E-state index contributed by atoms with van der Waals surface area (Å²) in [5.74, 6) is -0.329. The van der Waals surface area contributed by atoms with E-state index in [0.717, 1.165) is 11.9 Å². The Morgan fingerprint density at radius 1 is 1.09 bits per heavy atom. The number of rotatable bonds is 6. The van der Waals surface area contributed by atoms with Crippen molar-refractivity contribution in [1.29, 1.82) is 5.26 Å². The van der Waals surface area contributed by atoms with Gasteiger partial charge in [0.25, 0.3) is 5.91 Å². The highest BCUT2D eigenvalue weighted by Gasteiger charge is 2.33. The highest BCUT2D eigenvalue weighted by Crippen LogP contribution is 2.37. The fraction of sp³-hybridized carbons (Fsp3) is 0.238. The molecule has 1 fully saturated rings. The predicted molar refractivity (Wildman–Crippen MR) is 136 cm³/mol. The molecule has 0 bridgehead atoms. The minimum atomic E-state index is -3.97. The molecule has 34 heavy (non-hydrogen) atoms. The molecule has 1 heterocycles. The fourth-order valence-electron chi connectivity index (χ4n) is 3.30. The summed E-state index contributed by atoms with van der Waals surface area (Å²) in [6.45, 7) is 2.12. The molecule has 2 aromatic rings. The highest BCUT2D eigenvalue weighted by atomic mass is 35.5. The van der Waals surface area contributed by atoms with Gasteiger partial charge in [-0.3, -0.25) is 9.93 Å². The molecule has 8 nitrogen and oxygen atoms in total. The average molecular weight is 559 g/mol. The minimum Gasteiger partial charge on any atom is -0.401 e. The predicted octanol–water partition coefficient (Wildman–Crippen LogP) is 3.65. The maximum Gasteiger partial charge on any atom is 0.263 e. The van der Waals surface area contributed by atoms with Gasteiger partial charge in [0.15, 0.2) is 0 Å². The van der Waals surface area contributed by atoms with Gasteiger partial charge in [0, 0.05) is 51.7 Å². The van der Waals surface area contributed by atoms with Gasteiger partial charge >= 0.3 is 0 Å². The topological polar surface area (TPSA) is 134 Å². The van der Waals surface area contributed by atoms with Crippen LogP contribution in [0, 0.1) is 11.3 Å². The van der Waals surface area contributed by atoms with Crippen LogP contribution in [0.1, 0.15) is 12.5 Å². The van der Waals surface area contributed by atoms with Crippen LogP contribution in [-0.4, -0.2) is 49.7 Å². The van der Waals surface area contributed by atoms with Crippen LogP contribution in [0.2, 0.25) is 10.0 Å². The third-order valence-electron chi connectivity index (χ3n) is 4.95. The zero-order valence-corrected chi connectivity index (χ0v) is 22.0. The van der Waals surface area contributed by atoms with E-state index >= 15 is 0 Å². The summed E-state index contributed by atoms with van der Waals surface area (Å²) < 4.78 is 28.4. The molecule has 2 aromatic carbocycles. The Balaban J connectivity index is 1.88. The summed E-state index contributed by atoms with van der Waals surface area (Å²) in [4.78, 5) is 15.5. The third-order valence-corrected chi connectivity index (χ3v) is 9.23. The van der Waals surface area contributed by atoms with Gasteiger partial charge in [0.2, 0.25) is 10.0 Å². The van der Waals surface area contributed by atoms with E-state index in [1.54, 1.807) is 37.3 Å². The number of hydrogen-bond donors (Lipinski definition) is 2. The maximum absolute atomic E-state index is 13.6. The van der Waals surface area contributed by atoms with Gasteiger partial charge in [-0.2, -0.15) is 9.57 Å². The molecule has 1 amide bonds. The maximum atomic E-state index is 13.6. The van der Waals surface area contributed by atoms with Crippen molar-refractivity contribution in [3.8, 4) is 6.07 Å². The molecule has 3 rings (SSSR count). The van der Waals surface area contributed by atoms with E-state index in [0.29, 0.717) is 25.5 Å². The molecule has 1 saturated heterocycles. The number of allylic oxidation sites excluding steroid dienone is 1. The summed E-state index contributed by atoms with van der Waals surface area (Å²) in [7, 11) is -3.97. The van der Waals surface area contributed by atoms with E-state index in [1.165, 1.54) is 27.0 Å². The number of sulfonamides is 1. The smallest absolute Gasteiger partial charge is 0.263 e. The lowest BCUT2D eigenvalue weighted by Crippen LogP contribution is -2.51. The van der Waals surface area contributed by atoms with Crippen molar-refractivity contribution in [2.45, 2.75) is 21.6 Å². The largest absolute Gasteiger partial charge is 0.401 e. The third kappa shape index (κ3) is 6.01. The summed E-state index contributed by atoms with van der Waals surface area (Å²) in [6.07, 6.45) is 0. The molecular formula is C21H21Cl2N5O3S3. The normalized spacial score (nSPS) is 15.6. The van der Waals surface area contributed by atoms with Crippen LogP contribution in [-0.2, 0) is 14.8 Å². The first-order valence-corrected chi connectivity index (χ1v) is 13.8. The lowest BCUT2D eigenvalue weighted by molar-refractivity contribution is -0.127. The Bertz CT molecular complexity index is 1260. The van der Waals surface area contributed by atoms with Crippen LogP contribution in [0.4, 0.5) is 0 Å². The Hall–Kier alpha value is -1.91. The number of nitrogens with two attached hydrogens (primary N) is 2. The van der Waals surface area contributed by atoms with E-state index in [9.17, 15) is 18.5 Å². The van der Waals surface area contributed by atoms with Crippen molar-refractivity contribution in [1.82, 2.24) is 9.21 Å². The van der Waals surface area contributed by atoms with Crippen molar-refractivity contribution in [2.75, 3.05) is 26.2 Å². The van der Waals surface area contributed by atoms with Gasteiger partial charge in [-0.15, -0.1) is 0 Å². The van der Waals surface area contributed by atoms with Crippen molar-refractivity contribution in [3.63, 3.8) is 0 Å². The molecule has 4 N–H and O–H groups in total. The van der Waals surface area contributed by atoms with Crippen LogP contribution in [0.15, 0.2) is 61.7 Å². The molecular weight excluding hydrogens is 537 g/mol. The molecule has 1 aliphatic heterocycles. The SMILES string of the molecule is C/C(N)=C(/SN)C(=O)N1CCN(S(=O)(=O)c2cc(C#N)ccc2Sc2cc(Cl)cc(Cl)c2)CC1. The molecule has 0 unspecified atom stereocenters. The Labute approximate surface area is 217 Å². The molecule has 180 valence electrons. The van der Waals surface area contributed by atoms with E-state index in [-0.39, 0.29) is 47.5 Å². The van der Waals surface area contributed by atoms with Crippen molar-refractivity contribution >= 4 is 62.8 Å². The van der Waals surface area contributed by atoms with Gasteiger partial charge in [-0.25, -0.2) is 8.42 Å². The second-order valence-electron chi connectivity index (χ2n) is 7.31. The highest BCUT2D eigenvalue weighted by molar-refractivity contribution is 8.01. The molecule has 0 spiro atoms. The zero-order valence-electron chi connectivity index (χ0n) is 18.0. The number of nitriles is 1. The number of halogens is 2. The zero-order chi connectivity index (χ0) is 25.0. The van der Waals surface area contributed by atoms with Crippen molar-refractivity contribution < 1.29 is 13.2 Å². The number of benzene rings is 2. The Kier molecular flexibility index (Phi) is 8.81. The van der Waals surface area contributed by atoms with E-state index in [1.807, 2.05) is 6.07 Å². The van der Waals surface area contributed by atoms with E-state index in [4.69, 9.17) is 34.1 Å². The van der Waals surface area contributed by atoms with Crippen LogP contribution in [0.25, 0.3) is 0 Å². The minimum absolute atomic E-state index is 0.00308. The number of carbonyl (C=O) groups is 1. The quantitative estimate of drug-likeness (QED) is 0.406. The van der Waals surface area contributed by atoms with Crippen LogP contribution in [0.5, 0.6) is 0 Å². The summed E-state index contributed by atoms with van der Waals surface area (Å²) in [6, 6.07) is 11.4. The fourth-order valence-corrected chi connectivity index (χ4v) is 7.26. The molecule has 0 aliphatic carbocycles. The molecule has 13 heteroatoms. The lowest BCUT2D eigenvalue weighted by Gasteiger charge is -2.34. The first kappa shape index (κ1) is 26.7. The summed E-state index contributed by atoms with van der Waals surface area (Å²) in [5, 5.41) is 15.7. The number of piperazine rings is 1. The Morgan fingerprint density at radius 3 is 2.24 bits per heavy atom. The van der Waals surface area contributed by atoms with Gasteiger partial charge < -0.3 is 10.6 Å². The van der Waals surface area contributed by atoms with Crippen LogP contribution in [0.3, 0.4) is 0 Å². The first-order valence-electron chi connectivity index (χ1n) is 9.87. The second kappa shape index (κ2) is 11.2. The number of hydrogen-bond acceptors (Lipinski definition) is 8. The van der Waals surface area contributed by atoms with Gasteiger partial charge in [0.1, 0.15) is 4.91 Å². The average Bonchev–Trinajstić information content (AvgIpc) is 2.78. The van der Waals surface area contributed by atoms with Crippen LogP contribution >= 0.6 is 46.9 Å². The standard InChI is InChI=1S/C21H21Cl2N5O3S3/c1-13(25)20(33-26)21(29)27-4-6-28(7-5-27)34(30,31)19-8-14(12-24)2-3-18(19)32-17-10-15(22)9-16(23)11-17/h2-3,8-11H,4-7,25-26H2,1H3/b20-13-. The number of carbonyl (C=O) groups excluding carboxylic acids is 1. The lowest BCUT2D eigenvalue weighted by atomic mass is 10.2. The first-order chi connectivity index (χ1) is 16.1. The number of nitrogens with zero attached hydrogens (tertiary/aromatic N) is 3.